The number of carbonyl (C=O) groups is 2. The molecule has 0 bridgehead atoms. The van der Waals surface area contributed by atoms with E-state index in [0.29, 0.717) is 36.4 Å². The highest BCUT2D eigenvalue weighted by Crippen LogP contribution is 2.38. The minimum Gasteiger partial charge on any atom is -0.472 e. The molecule has 0 saturated carbocycles. The summed E-state index contributed by atoms with van der Waals surface area (Å²) in [5, 5.41) is 15.6. The van der Waals surface area contributed by atoms with Crippen molar-refractivity contribution < 1.29 is 18.7 Å². The number of alkyl carbamates (subject to hydrolysis) is 1. The number of fused-ring (bicyclic) bond motifs is 1. The molecule has 2 N–H and O–H groups in total. The predicted octanol–water partition coefficient (Wildman–Crippen LogP) is 3.86. The molecule has 7 nitrogen and oxygen atoms in total. The topological polar surface area (TPSA) is 104 Å². The third kappa shape index (κ3) is 4.81. The second-order valence-electron chi connectivity index (χ2n) is 6.40. The number of nitrogens with one attached hydrogen (secondary N) is 2. The number of nitrogens with zero attached hydrogens (tertiary/aromatic N) is 1. The van der Waals surface area contributed by atoms with Gasteiger partial charge in [-0.3, -0.25) is 4.79 Å². The molecular weight excluding hydrogens is 378 g/mol. The standard InChI is InChI=1S/C20H21N3O4S/c1-2-8-22-20(25)27-14-4-5-15-16(11-21)19(28-17(15)10-14)23-18(24)6-3-13-7-9-26-12-13/h3,6-7,9,12,14H,2,4-5,8,10H2,1H3,(H,22,25)(H,23,24)/b6-3+. The molecule has 1 atom stereocenters. The van der Waals surface area contributed by atoms with Gasteiger partial charge >= 0.3 is 6.09 Å². The Morgan fingerprint density at radius 3 is 3.07 bits per heavy atom. The number of amides is 2. The second-order valence-corrected chi connectivity index (χ2v) is 7.50. The van der Waals surface area contributed by atoms with Crippen LogP contribution in [0.5, 0.6) is 0 Å². The van der Waals surface area contributed by atoms with Gasteiger partial charge in [0.2, 0.25) is 5.91 Å². The number of rotatable bonds is 6. The molecule has 0 radical (unpaired) electrons. The first-order chi connectivity index (χ1) is 13.6. The highest BCUT2D eigenvalue weighted by Gasteiger charge is 2.28. The molecule has 0 aromatic carbocycles. The van der Waals surface area contributed by atoms with Crippen molar-refractivity contribution >= 4 is 34.4 Å². The van der Waals surface area contributed by atoms with Gasteiger partial charge in [-0.2, -0.15) is 5.26 Å². The first kappa shape index (κ1) is 19.7. The van der Waals surface area contributed by atoms with Crippen LogP contribution in [-0.4, -0.2) is 24.6 Å². The Bertz CT molecular complexity index is 909. The molecule has 2 heterocycles. The molecule has 1 unspecified atom stereocenters. The van der Waals surface area contributed by atoms with E-state index in [1.54, 1.807) is 12.1 Å². The Kier molecular flexibility index (Phi) is 6.50. The Morgan fingerprint density at radius 1 is 1.50 bits per heavy atom. The van der Waals surface area contributed by atoms with Gasteiger partial charge in [0.25, 0.3) is 0 Å². The van der Waals surface area contributed by atoms with Crippen LogP contribution in [0.3, 0.4) is 0 Å². The van der Waals surface area contributed by atoms with E-state index < -0.39 is 6.09 Å². The van der Waals surface area contributed by atoms with E-state index in [2.05, 4.69) is 16.7 Å². The summed E-state index contributed by atoms with van der Waals surface area (Å²) in [6.45, 7) is 2.55. The van der Waals surface area contributed by atoms with E-state index in [4.69, 9.17) is 9.15 Å². The van der Waals surface area contributed by atoms with Crippen LogP contribution in [0.2, 0.25) is 0 Å². The number of thiophene rings is 1. The fourth-order valence-corrected chi connectivity index (χ4v) is 4.24. The zero-order chi connectivity index (χ0) is 19.9. The van der Waals surface area contributed by atoms with Gasteiger partial charge in [-0.05, 0) is 37.0 Å². The summed E-state index contributed by atoms with van der Waals surface area (Å²) in [7, 11) is 0. The smallest absolute Gasteiger partial charge is 0.407 e. The summed E-state index contributed by atoms with van der Waals surface area (Å²) >= 11 is 1.37. The van der Waals surface area contributed by atoms with Crippen molar-refractivity contribution in [2.24, 2.45) is 0 Å². The second kappa shape index (κ2) is 9.24. The van der Waals surface area contributed by atoms with Crippen molar-refractivity contribution in [1.82, 2.24) is 5.32 Å². The number of carbonyl (C=O) groups excluding carboxylic acids is 2. The minimum atomic E-state index is -0.412. The monoisotopic (exact) mass is 399 g/mol. The molecule has 3 rings (SSSR count). The lowest BCUT2D eigenvalue weighted by molar-refractivity contribution is -0.111. The first-order valence-electron chi connectivity index (χ1n) is 9.11. The largest absolute Gasteiger partial charge is 0.472 e. The van der Waals surface area contributed by atoms with Crippen molar-refractivity contribution in [3.05, 3.63) is 46.2 Å². The summed E-state index contributed by atoms with van der Waals surface area (Å²) in [6.07, 6.45) is 8.15. The number of furan rings is 1. The van der Waals surface area contributed by atoms with E-state index >= 15 is 0 Å². The number of nitriles is 1. The first-order valence-corrected chi connectivity index (χ1v) is 9.92. The average Bonchev–Trinajstić information content (AvgIpc) is 3.31. The lowest BCUT2D eigenvalue weighted by atomic mass is 9.94. The van der Waals surface area contributed by atoms with E-state index in [1.807, 2.05) is 6.92 Å². The van der Waals surface area contributed by atoms with Crippen LogP contribution in [0.4, 0.5) is 9.80 Å². The van der Waals surface area contributed by atoms with Crippen molar-refractivity contribution in [3.8, 4) is 6.07 Å². The fraction of sp³-hybridized carbons (Fsp3) is 0.350. The molecule has 28 heavy (non-hydrogen) atoms. The molecule has 0 spiro atoms. The summed E-state index contributed by atoms with van der Waals surface area (Å²) < 4.78 is 10.4. The zero-order valence-electron chi connectivity index (χ0n) is 15.5. The third-order valence-electron chi connectivity index (χ3n) is 4.33. The van der Waals surface area contributed by atoms with Crippen LogP contribution in [0.25, 0.3) is 6.08 Å². The Labute approximate surface area is 167 Å². The fourth-order valence-electron chi connectivity index (χ4n) is 2.98. The highest BCUT2D eigenvalue weighted by atomic mass is 32.1. The SMILES string of the molecule is CCCNC(=O)OC1CCc2c(sc(NC(=O)/C=C/c3ccoc3)c2C#N)C1. The number of ether oxygens (including phenoxy) is 1. The molecule has 0 aliphatic heterocycles. The molecule has 8 heteroatoms. The van der Waals surface area contributed by atoms with Gasteiger partial charge in [0.1, 0.15) is 17.2 Å². The Hall–Kier alpha value is -3.05. The lowest BCUT2D eigenvalue weighted by Crippen LogP contribution is -2.32. The van der Waals surface area contributed by atoms with Crippen molar-refractivity contribution in [1.29, 1.82) is 5.26 Å². The molecule has 146 valence electrons. The van der Waals surface area contributed by atoms with Crippen LogP contribution in [0.1, 0.15) is 41.3 Å². The van der Waals surface area contributed by atoms with Crippen LogP contribution in [-0.2, 0) is 22.4 Å². The maximum atomic E-state index is 12.2. The van der Waals surface area contributed by atoms with Gasteiger partial charge in [-0.15, -0.1) is 11.3 Å². The van der Waals surface area contributed by atoms with Gasteiger partial charge in [-0.25, -0.2) is 4.79 Å². The maximum absolute atomic E-state index is 12.2. The summed E-state index contributed by atoms with van der Waals surface area (Å²) in [6, 6.07) is 3.94. The van der Waals surface area contributed by atoms with Crippen LogP contribution in [0, 0.1) is 11.3 Å². The molecule has 2 aromatic heterocycles. The normalized spacial score (nSPS) is 15.6. The molecule has 0 fully saturated rings. The van der Waals surface area contributed by atoms with E-state index in [1.165, 1.54) is 29.9 Å². The highest BCUT2D eigenvalue weighted by molar-refractivity contribution is 7.16. The molecule has 2 amide bonds. The number of anilines is 1. The van der Waals surface area contributed by atoms with Crippen molar-refractivity contribution in [2.45, 2.75) is 38.7 Å². The van der Waals surface area contributed by atoms with E-state index in [-0.39, 0.29) is 12.0 Å². The maximum Gasteiger partial charge on any atom is 0.407 e. The van der Waals surface area contributed by atoms with Crippen LogP contribution in [0.15, 0.2) is 29.1 Å². The zero-order valence-corrected chi connectivity index (χ0v) is 16.3. The van der Waals surface area contributed by atoms with E-state index in [0.717, 1.165) is 22.4 Å². The van der Waals surface area contributed by atoms with Gasteiger partial charge < -0.3 is 19.8 Å². The predicted molar refractivity (Wildman–Crippen MR) is 106 cm³/mol. The lowest BCUT2D eigenvalue weighted by Gasteiger charge is -2.22. The van der Waals surface area contributed by atoms with Gasteiger partial charge in [0, 0.05) is 29.5 Å². The van der Waals surface area contributed by atoms with Gasteiger partial charge in [-0.1, -0.05) is 6.92 Å². The molecule has 2 aromatic rings. The third-order valence-corrected chi connectivity index (χ3v) is 5.50. The van der Waals surface area contributed by atoms with Gasteiger partial charge in [0.05, 0.1) is 18.1 Å². The number of hydrogen-bond donors (Lipinski definition) is 2. The van der Waals surface area contributed by atoms with E-state index in [9.17, 15) is 14.9 Å². The summed E-state index contributed by atoms with van der Waals surface area (Å²) in [5.41, 5.74) is 2.22. The summed E-state index contributed by atoms with van der Waals surface area (Å²) in [4.78, 5) is 24.9. The van der Waals surface area contributed by atoms with Gasteiger partial charge in [0.15, 0.2) is 0 Å². The summed E-state index contributed by atoms with van der Waals surface area (Å²) in [5.74, 6) is -0.317. The molecule has 0 saturated heterocycles. The van der Waals surface area contributed by atoms with Crippen molar-refractivity contribution in [2.75, 3.05) is 11.9 Å². The molecular formula is C20H21N3O4S. The average molecular weight is 399 g/mol. The molecule has 1 aliphatic carbocycles. The van der Waals surface area contributed by atoms with Crippen LogP contribution < -0.4 is 10.6 Å². The Morgan fingerprint density at radius 2 is 2.36 bits per heavy atom. The minimum absolute atomic E-state index is 0.223. The van der Waals surface area contributed by atoms with Crippen molar-refractivity contribution in [3.63, 3.8) is 0 Å². The quantitative estimate of drug-likeness (QED) is 0.718. The van der Waals surface area contributed by atoms with Crippen LogP contribution >= 0.6 is 11.3 Å². The molecule has 1 aliphatic rings. The number of hydrogen-bond acceptors (Lipinski definition) is 6. The Balaban J connectivity index is 1.66.